The van der Waals surface area contributed by atoms with Crippen LogP contribution in [0.15, 0.2) is 0 Å². The number of carbonyl (C=O) groups is 1. The summed E-state index contributed by atoms with van der Waals surface area (Å²) in [6.45, 7) is 3.57. The zero-order valence-corrected chi connectivity index (χ0v) is 9.75. The highest BCUT2D eigenvalue weighted by atomic mass is 35.5. The molecule has 0 atom stereocenters. The number of primary amides is 1. The normalized spacial score (nSPS) is 11.2. The summed E-state index contributed by atoms with van der Waals surface area (Å²) in [5.41, 5.74) is 9.93. The second kappa shape index (κ2) is 4.48. The molecule has 1 aromatic rings. The zero-order valence-electron chi connectivity index (χ0n) is 8.99. The highest BCUT2D eigenvalue weighted by Gasteiger charge is 2.21. The van der Waals surface area contributed by atoms with Gasteiger partial charge in [0.15, 0.2) is 0 Å². The lowest BCUT2D eigenvalue weighted by atomic mass is 10.0. The molecule has 0 aromatic carbocycles. The second-order valence-corrected chi connectivity index (χ2v) is 4.28. The van der Waals surface area contributed by atoms with Crippen LogP contribution in [0, 0.1) is 0 Å². The lowest BCUT2D eigenvalue weighted by Gasteiger charge is -2.24. The fraction of sp³-hybridized carbons (Fsp3) is 0.500. The van der Waals surface area contributed by atoms with Crippen molar-refractivity contribution in [1.29, 1.82) is 0 Å². The number of halogens is 1. The van der Waals surface area contributed by atoms with Gasteiger partial charge in [-0.1, -0.05) is 0 Å². The predicted octanol–water partition coefficient (Wildman–Crippen LogP) is 0.173. The third kappa shape index (κ3) is 3.85. The van der Waals surface area contributed by atoms with Gasteiger partial charge in [0, 0.05) is 12.0 Å². The standard InChI is InChI=1S/C8H13ClN6O/c1-8(2,3-4(10)16)15-7-13-5(9)12-6(11)14-7/h3H2,1-2H3,(H2,10,16)(H3,11,12,13,14,15). The molecular weight excluding hydrogens is 232 g/mol. The van der Waals surface area contributed by atoms with Gasteiger partial charge in [-0.25, -0.2) is 0 Å². The minimum absolute atomic E-state index is 0.00937. The van der Waals surface area contributed by atoms with Crippen LogP contribution in [0.5, 0.6) is 0 Å². The molecule has 1 amide bonds. The number of hydrogen-bond acceptors (Lipinski definition) is 6. The maximum Gasteiger partial charge on any atom is 0.229 e. The first-order valence-electron chi connectivity index (χ1n) is 4.52. The Kier molecular flexibility index (Phi) is 3.48. The highest BCUT2D eigenvalue weighted by molar-refractivity contribution is 6.28. The van der Waals surface area contributed by atoms with Crippen molar-refractivity contribution in [3.05, 3.63) is 5.28 Å². The van der Waals surface area contributed by atoms with Gasteiger partial charge in [-0.3, -0.25) is 4.79 Å². The van der Waals surface area contributed by atoms with Gasteiger partial charge in [0.2, 0.25) is 23.1 Å². The second-order valence-electron chi connectivity index (χ2n) is 3.94. The van der Waals surface area contributed by atoms with Crippen molar-refractivity contribution in [1.82, 2.24) is 15.0 Å². The Balaban J connectivity index is 2.83. The molecule has 7 nitrogen and oxygen atoms in total. The Morgan fingerprint density at radius 3 is 2.56 bits per heavy atom. The van der Waals surface area contributed by atoms with Gasteiger partial charge in [-0.05, 0) is 25.4 Å². The fourth-order valence-corrected chi connectivity index (χ4v) is 1.37. The van der Waals surface area contributed by atoms with E-state index in [4.69, 9.17) is 23.1 Å². The molecule has 16 heavy (non-hydrogen) atoms. The quantitative estimate of drug-likeness (QED) is 0.695. The van der Waals surface area contributed by atoms with E-state index in [1.807, 2.05) is 0 Å². The van der Waals surface area contributed by atoms with Crippen LogP contribution in [0.25, 0.3) is 0 Å². The maximum absolute atomic E-state index is 10.8. The molecule has 5 N–H and O–H groups in total. The van der Waals surface area contributed by atoms with E-state index in [9.17, 15) is 4.79 Å². The fourth-order valence-electron chi connectivity index (χ4n) is 1.20. The summed E-state index contributed by atoms with van der Waals surface area (Å²) in [6.07, 6.45) is 0.135. The number of nitrogens with one attached hydrogen (secondary N) is 1. The van der Waals surface area contributed by atoms with Crippen LogP contribution in [0.1, 0.15) is 20.3 Å². The Labute approximate surface area is 97.6 Å². The van der Waals surface area contributed by atoms with E-state index < -0.39 is 11.4 Å². The SMILES string of the molecule is CC(C)(CC(N)=O)Nc1nc(N)nc(Cl)n1. The topological polar surface area (TPSA) is 120 Å². The highest BCUT2D eigenvalue weighted by Crippen LogP contribution is 2.16. The van der Waals surface area contributed by atoms with E-state index in [0.717, 1.165) is 0 Å². The van der Waals surface area contributed by atoms with Gasteiger partial charge in [0.05, 0.1) is 0 Å². The van der Waals surface area contributed by atoms with Gasteiger partial charge >= 0.3 is 0 Å². The van der Waals surface area contributed by atoms with E-state index in [0.29, 0.717) is 0 Å². The number of carbonyl (C=O) groups excluding carboxylic acids is 1. The van der Waals surface area contributed by atoms with E-state index >= 15 is 0 Å². The number of rotatable bonds is 4. The van der Waals surface area contributed by atoms with Crippen molar-refractivity contribution in [2.45, 2.75) is 25.8 Å². The Bertz CT molecular complexity index is 387. The van der Waals surface area contributed by atoms with E-state index in [2.05, 4.69) is 20.3 Å². The average Bonchev–Trinajstić information content (AvgIpc) is 1.95. The molecule has 0 unspecified atom stereocenters. The van der Waals surface area contributed by atoms with Gasteiger partial charge in [-0.2, -0.15) is 15.0 Å². The monoisotopic (exact) mass is 244 g/mol. The molecule has 8 heteroatoms. The zero-order chi connectivity index (χ0) is 12.3. The van der Waals surface area contributed by atoms with Crippen LogP contribution in [0.3, 0.4) is 0 Å². The van der Waals surface area contributed by atoms with Crippen molar-refractivity contribution >= 4 is 29.4 Å². The molecule has 0 saturated heterocycles. The van der Waals surface area contributed by atoms with E-state index in [-0.39, 0.29) is 23.6 Å². The molecule has 0 aliphatic rings. The van der Waals surface area contributed by atoms with Crippen molar-refractivity contribution in [2.24, 2.45) is 5.73 Å². The summed E-state index contributed by atoms with van der Waals surface area (Å²) >= 11 is 5.61. The van der Waals surface area contributed by atoms with Crippen molar-refractivity contribution in [2.75, 3.05) is 11.1 Å². The van der Waals surface area contributed by atoms with E-state index in [1.165, 1.54) is 0 Å². The summed E-state index contributed by atoms with van der Waals surface area (Å²) in [4.78, 5) is 22.1. The summed E-state index contributed by atoms with van der Waals surface area (Å²) < 4.78 is 0. The Morgan fingerprint density at radius 2 is 2.06 bits per heavy atom. The number of anilines is 2. The van der Waals surface area contributed by atoms with Crippen LogP contribution in [-0.2, 0) is 4.79 Å². The van der Waals surface area contributed by atoms with Crippen molar-refractivity contribution in [3.63, 3.8) is 0 Å². The molecule has 1 heterocycles. The number of nitrogen functional groups attached to an aromatic ring is 1. The number of nitrogens with zero attached hydrogens (tertiary/aromatic N) is 3. The first-order valence-corrected chi connectivity index (χ1v) is 4.90. The third-order valence-electron chi connectivity index (χ3n) is 1.69. The van der Waals surface area contributed by atoms with Crippen molar-refractivity contribution in [3.8, 4) is 0 Å². The smallest absolute Gasteiger partial charge is 0.229 e. The van der Waals surface area contributed by atoms with Crippen LogP contribution in [0.4, 0.5) is 11.9 Å². The largest absolute Gasteiger partial charge is 0.370 e. The van der Waals surface area contributed by atoms with Crippen LogP contribution in [-0.4, -0.2) is 26.4 Å². The first kappa shape index (κ1) is 12.4. The third-order valence-corrected chi connectivity index (χ3v) is 1.86. The minimum Gasteiger partial charge on any atom is -0.370 e. The van der Waals surface area contributed by atoms with Gasteiger partial charge < -0.3 is 16.8 Å². The van der Waals surface area contributed by atoms with Crippen LogP contribution in [0.2, 0.25) is 5.28 Å². The lowest BCUT2D eigenvalue weighted by molar-refractivity contribution is -0.118. The number of hydrogen-bond donors (Lipinski definition) is 3. The summed E-state index contributed by atoms with van der Waals surface area (Å²) in [6, 6.07) is 0. The molecule has 0 fully saturated rings. The molecule has 0 bridgehead atoms. The van der Waals surface area contributed by atoms with E-state index in [1.54, 1.807) is 13.8 Å². The molecule has 88 valence electrons. The summed E-state index contributed by atoms with van der Waals surface area (Å²) in [5.74, 6) is -0.202. The number of nitrogens with two attached hydrogens (primary N) is 2. The Hall–Kier alpha value is -1.63. The molecule has 0 spiro atoms. The molecule has 0 saturated carbocycles. The van der Waals surface area contributed by atoms with Gasteiger partial charge in [0.1, 0.15) is 0 Å². The minimum atomic E-state index is -0.580. The molecule has 1 aromatic heterocycles. The average molecular weight is 245 g/mol. The van der Waals surface area contributed by atoms with Gasteiger partial charge in [0.25, 0.3) is 0 Å². The summed E-state index contributed by atoms with van der Waals surface area (Å²) in [7, 11) is 0. The molecule has 0 radical (unpaired) electrons. The molecule has 1 rings (SSSR count). The predicted molar refractivity (Wildman–Crippen MR) is 60.8 cm³/mol. The van der Waals surface area contributed by atoms with Crippen molar-refractivity contribution < 1.29 is 4.79 Å². The number of amides is 1. The van der Waals surface area contributed by atoms with Crippen LogP contribution < -0.4 is 16.8 Å². The molecule has 0 aliphatic heterocycles. The Morgan fingerprint density at radius 1 is 1.44 bits per heavy atom. The summed E-state index contributed by atoms with van der Waals surface area (Å²) in [5, 5.41) is 2.89. The lowest BCUT2D eigenvalue weighted by Crippen LogP contribution is -2.36. The van der Waals surface area contributed by atoms with Crippen LogP contribution >= 0.6 is 11.6 Å². The first-order chi connectivity index (χ1) is 7.28. The molecular formula is C8H13ClN6O. The maximum atomic E-state index is 10.8. The molecule has 0 aliphatic carbocycles. The number of aromatic nitrogens is 3. The van der Waals surface area contributed by atoms with Gasteiger partial charge in [-0.15, -0.1) is 0 Å².